The van der Waals surface area contributed by atoms with E-state index in [1.165, 1.54) is 0 Å². The maximum Gasteiger partial charge on any atom is 0.309 e. The predicted octanol–water partition coefficient (Wildman–Crippen LogP) is 1.55. The molecule has 0 spiro atoms. The zero-order valence-electron chi connectivity index (χ0n) is 11.6. The van der Waals surface area contributed by atoms with Crippen LogP contribution in [0.15, 0.2) is 18.7 Å². The summed E-state index contributed by atoms with van der Waals surface area (Å²) in [7, 11) is 0. The zero-order chi connectivity index (χ0) is 13.5. The Bertz CT molecular complexity index is 370. The second-order valence-corrected chi connectivity index (χ2v) is 5.02. The first-order chi connectivity index (χ1) is 9.29. The van der Waals surface area contributed by atoms with Crippen molar-refractivity contribution >= 4 is 5.97 Å². The van der Waals surface area contributed by atoms with E-state index < -0.39 is 0 Å². The Kier molecular flexibility index (Phi) is 5.39. The van der Waals surface area contributed by atoms with Crippen molar-refractivity contribution in [3.63, 3.8) is 0 Å². The second kappa shape index (κ2) is 7.28. The summed E-state index contributed by atoms with van der Waals surface area (Å²) in [6.07, 6.45) is 8.65. The molecule has 106 valence electrons. The molecule has 5 heteroatoms. The van der Waals surface area contributed by atoms with Gasteiger partial charge in [-0.05, 0) is 45.8 Å². The summed E-state index contributed by atoms with van der Waals surface area (Å²) in [6.45, 7) is 6.47. The first-order valence-corrected chi connectivity index (χ1v) is 7.14. The van der Waals surface area contributed by atoms with Gasteiger partial charge in [-0.1, -0.05) is 0 Å². The summed E-state index contributed by atoms with van der Waals surface area (Å²) in [5.41, 5.74) is 0. The number of ether oxygens (including phenoxy) is 1. The Balaban J connectivity index is 1.62. The number of esters is 1. The summed E-state index contributed by atoms with van der Waals surface area (Å²) in [4.78, 5) is 18.1. The number of imidazole rings is 1. The highest BCUT2D eigenvalue weighted by molar-refractivity contribution is 5.72. The molecule has 0 N–H and O–H groups in total. The topological polar surface area (TPSA) is 47.4 Å². The van der Waals surface area contributed by atoms with Crippen LogP contribution < -0.4 is 0 Å². The number of piperidine rings is 1. The first kappa shape index (κ1) is 14.1. The lowest BCUT2D eigenvalue weighted by atomic mass is 9.97. The van der Waals surface area contributed by atoms with E-state index in [2.05, 4.69) is 14.5 Å². The minimum Gasteiger partial charge on any atom is -0.466 e. The minimum absolute atomic E-state index is 0.0134. The number of aromatic nitrogens is 2. The van der Waals surface area contributed by atoms with Crippen LogP contribution >= 0.6 is 0 Å². The van der Waals surface area contributed by atoms with Crippen molar-refractivity contribution in [3.8, 4) is 0 Å². The molecule has 0 aliphatic carbocycles. The molecule has 0 bridgehead atoms. The third kappa shape index (κ3) is 4.35. The van der Waals surface area contributed by atoms with Crippen LogP contribution in [0.2, 0.25) is 0 Å². The fourth-order valence-corrected chi connectivity index (χ4v) is 2.55. The average Bonchev–Trinajstić information content (AvgIpc) is 2.93. The molecule has 0 unspecified atom stereocenters. The smallest absolute Gasteiger partial charge is 0.309 e. The molecule has 19 heavy (non-hydrogen) atoms. The molecular formula is C14H23N3O2. The van der Waals surface area contributed by atoms with Crippen molar-refractivity contribution in [1.29, 1.82) is 0 Å². The Morgan fingerprint density at radius 1 is 1.37 bits per heavy atom. The number of carbonyl (C=O) groups is 1. The molecule has 1 aliphatic heterocycles. The van der Waals surface area contributed by atoms with Crippen LogP contribution in [0.3, 0.4) is 0 Å². The summed E-state index contributed by atoms with van der Waals surface area (Å²) in [5, 5.41) is 0. The number of hydrogen-bond acceptors (Lipinski definition) is 4. The molecule has 5 nitrogen and oxygen atoms in total. The lowest BCUT2D eigenvalue weighted by Crippen LogP contribution is -2.37. The van der Waals surface area contributed by atoms with Gasteiger partial charge in [-0.25, -0.2) is 4.98 Å². The summed E-state index contributed by atoms with van der Waals surface area (Å²) in [6, 6.07) is 0. The van der Waals surface area contributed by atoms with Crippen LogP contribution in [0.25, 0.3) is 0 Å². The maximum atomic E-state index is 11.6. The molecule has 1 saturated heterocycles. The van der Waals surface area contributed by atoms with Crippen molar-refractivity contribution in [1.82, 2.24) is 14.5 Å². The summed E-state index contributed by atoms with van der Waals surface area (Å²) >= 11 is 0. The molecule has 0 aromatic carbocycles. The van der Waals surface area contributed by atoms with E-state index in [9.17, 15) is 4.79 Å². The molecule has 0 saturated carbocycles. The number of nitrogens with zero attached hydrogens (tertiary/aromatic N) is 3. The average molecular weight is 265 g/mol. The maximum absolute atomic E-state index is 11.6. The van der Waals surface area contributed by atoms with Crippen LogP contribution in [-0.4, -0.2) is 46.7 Å². The van der Waals surface area contributed by atoms with Gasteiger partial charge < -0.3 is 14.2 Å². The fraction of sp³-hybridized carbons (Fsp3) is 0.714. The number of carbonyl (C=O) groups excluding carboxylic acids is 1. The zero-order valence-corrected chi connectivity index (χ0v) is 11.6. The van der Waals surface area contributed by atoms with Gasteiger partial charge in [0.2, 0.25) is 0 Å². The van der Waals surface area contributed by atoms with Crippen molar-refractivity contribution in [2.24, 2.45) is 5.92 Å². The highest BCUT2D eigenvalue weighted by Gasteiger charge is 2.25. The molecule has 1 fully saturated rings. The quantitative estimate of drug-likeness (QED) is 0.732. The van der Waals surface area contributed by atoms with E-state index in [-0.39, 0.29) is 11.9 Å². The van der Waals surface area contributed by atoms with Crippen LogP contribution in [0.4, 0.5) is 0 Å². The Labute approximate surface area is 114 Å². The van der Waals surface area contributed by atoms with Crippen molar-refractivity contribution < 1.29 is 9.53 Å². The van der Waals surface area contributed by atoms with Crippen molar-refractivity contribution in [3.05, 3.63) is 18.7 Å². The van der Waals surface area contributed by atoms with Crippen LogP contribution in [-0.2, 0) is 16.1 Å². The molecule has 1 aromatic rings. The first-order valence-electron chi connectivity index (χ1n) is 7.14. The van der Waals surface area contributed by atoms with Crippen LogP contribution in [0.5, 0.6) is 0 Å². The van der Waals surface area contributed by atoms with E-state index in [0.717, 1.165) is 45.4 Å². The van der Waals surface area contributed by atoms with Gasteiger partial charge >= 0.3 is 5.97 Å². The van der Waals surface area contributed by atoms with Crippen molar-refractivity contribution in [2.45, 2.75) is 32.7 Å². The third-order valence-electron chi connectivity index (χ3n) is 3.66. The minimum atomic E-state index is -0.0134. The van der Waals surface area contributed by atoms with E-state index in [0.29, 0.717) is 6.61 Å². The van der Waals surface area contributed by atoms with Gasteiger partial charge in [0.25, 0.3) is 0 Å². The van der Waals surface area contributed by atoms with E-state index in [1.807, 2.05) is 25.6 Å². The molecule has 0 atom stereocenters. The van der Waals surface area contributed by atoms with E-state index in [4.69, 9.17) is 4.74 Å². The molecule has 0 radical (unpaired) electrons. The fourth-order valence-electron chi connectivity index (χ4n) is 2.55. The lowest BCUT2D eigenvalue weighted by Gasteiger charge is -2.30. The van der Waals surface area contributed by atoms with Crippen LogP contribution in [0, 0.1) is 5.92 Å². The van der Waals surface area contributed by atoms with Gasteiger partial charge in [-0.3, -0.25) is 4.79 Å². The van der Waals surface area contributed by atoms with E-state index >= 15 is 0 Å². The molecule has 1 aromatic heterocycles. The van der Waals surface area contributed by atoms with Gasteiger partial charge in [0.15, 0.2) is 0 Å². The standard InChI is InChI=1S/C14H23N3O2/c1-2-19-14(18)13-4-9-16(10-5-13)7-3-8-17-11-6-15-12-17/h6,11-13H,2-5,7-10H2,1H3. The molecule has 1 aliphatic rings. The Hall–Kier alpha value is -1.36. The molecule has 2 heterocycles. The third-order valence-corrected chi connectivity index (χ3v) is 3.66. The summed E-state index contributed by atoms with van der Waals surface area (Å²) in [5.74, 6) is 0.102. The molecule has 2 rings (SSSR count). The normalized spacial score (nSPS) is 17.5. The predicted molar refractivity (Wildman–Crippen MR) is 72.6 cm³/mol. The molecule has 0 amide bonds. The van der Waals surface area contributed by atoms with Gasteiger partial charge in [0.05, 0.1) is 18.9 Å². The van der Waals surface area contributed by atoms with Crippen molar-refractivity contribution in [2.75, 3.05) is 26.2 Å². The van der Waals surface area contributed by atoms with Gasteiger partial charge in [0, 0.05) is 18.9 Å². The SMILES string of the molecule is CCOC(=O)C1CCN(CCCn2ccnc2)CC1. The number of hydrogen-bond donors (Lipinski definition) is 0. The number of likely N-dealkylation sites (tertiary alicyclic amines) is 1. The van der Waals surface area contributed by atoms with E-state index in [1.54, 1.807) is 0 Å². The van der Waals surface area contributed by atoms with Gasteiger partial charge in [-0.2, -0.15) is 0 Å². The number of rotatable bonds is 6. The van der Waals surface area contributed by atoms with Crippen LogP contribution in [0.1, 0.15) is 26.2 Å². The number of aryl methyl sites for hydroxylation is 1. The highest BCUT2D eigenvalue weighted by atomic mass is 16.5. The Morgan fingerprint density at radius 2 is 2.16 bits per heavy atom. The summed E-state index contributed by atoms with van der Waals surface area (Å²) < 4.78 is 7.18. The highest BCUT2D eigenvalue weighted by Crippen LogP contribution is 2.18. The Morgan fingerprint density at radius 3 is 2.79 bits per heavy atom. The van der Waals surface area contributed by atoms with Gasteiger partial charge in [-0.15, -0.1) is 0 Å². The monoisotopic (exact) mass is 265 g/mol. The lowest BCUT2D eigenvalue weighted by molar-refractivity contribution is -0.149. The second-order valence-electron chi connectivity index (χ2n) is 5.02. The largest absolute Gasteiger partial charge is 0.466 e. The molecular weight excluding hydrogens is 242 g/mol. The van der Waals surface area contributed by atoms with Gasteiger partial charge in [0.1, 0.15) is 0 Å².